The Hall–Kier alpha value is -1.26. The number of amides is 2. The van der Waals surface area contributed by atoms with E-state index >= 15 is 0 Å². The number of hydrogen-bond acceptors (Lipinski definition) is 2. The van der Waals surface area contributed by atoms with Crippen LogP contribution in [0.4, 0.5) is 10.5 Å². The predicted octanol–water partition coefficient (Wildman–Crippen LogP) is 2.85. The van der Waals surface area contributed by atoms with E-state index in [0.717, 1.165) is 25.2 Å². The smallest absolute Gasteiger partial charge is 0.319 e. The van der Waals surface area contributed by atoms with Crippen LogP contribution in [0.1, 0.15) is 19.8 Å². The van der Waals surface area contributed by atoms with E-state index < -0.39 is 0 Å². The van der Waals surface area contributed by atoms with Crippen molar-refractivity contribution in [1.29, 1.82) is 0 Å². The third kappa shape index (κ3) is 4.40. The third-order valence-corrected chi connectivity index (χ3v) is 3.75. The van der Waals surface area contributed by atoms with Gasteiger partial charge in [-0.05, 0) is 63.0 Å². The first-order valence-electron chi connectivity index (χ1n) is 6.69. The van der Waals surface area contributed by atoms with E-state index in [1.54, 1.807) is 24.3 Å². The lowest BCUT2D eigenvalue weighted by atomic mass is 9.93. The van der Waals surface area contributed by atoms with Gasteiger partial charge in [0.05, 0.1) is 0 Å². The molecule has 0 aliphatic carbocycles. The first-order valence-corrected chi connectivity index (χ1v) is 7.07. The fourth-order valence-electron chi connectivity index (χ4n) is 2.33. The summed E-state index contributed by atoms with van der Waals surface area (Å²) in [4.78, 5) is 11.9. The summed E-state index contributed by atoms with van der Waals surface area (Å²) in [7, 11) is 0. The molecule has 1 aromatic carbocycles. The quantitative estimate of drug-likeness (QED) is 0.798. The lowest BCUT2D eigenvalue weighted by Gasteiger charge is -2.28. The average molecular weight is 282 g/mol. The van der Waals surface area contributed by atoms with E-state index in [4.69, 9.17) is 11.6 Å². The number of anilines is 1. The van der Waals surface area contributed by atoms with E-state index in [1.807, 2.05) is 0 Å². The van der Waals surface area contributed by atoms with Gasteiger partial charge >= 0.3 is 6.03 Å². The highest BCUT2D eigenvalue weighted by molar-refractivity contribution is 6.30. The molecule has 4 nitrogen and oxygen atoms in total. The molecule has 0 bridgehead atoms. The molecule has 1 aliphatic rings. The number of benzene rings is 1. The normalized spacial score (nSPS) is 20.6. The molecule has 3 N–H and O–H groups in total. The van der Waals surface area contributed by atoms with Crippen molar-refractivity contribution in [3.8, 4) is 0 Å². The Morgan fingerprint density at radius 3 is 2.79 bits per heavy atom. The van der Waals surface area contributed by atoms with Crippen LogP contribution < -0.4 is 16.0 Å². The molecule has 1 aliphatic heterocycles. The van der Waals surface area contributed by atoms with Crippen LogP contribution in [0.25, 0.3) is 0 Å². The molecule has 104 valence electrons. The second-order valence-corrected chi connectivity index (χ2v) is 5.44. The van der Waals surface area contributed by atoms with E-state index in [2.05, 4.69) is 22.9 Å². The zero-order valence-corrected chi connectivity index (χ0v) is 11.8. The highest BCUT2D eigenvalue weighted by Gasteiger charge is 2.21. The Morgan fingerprint density at radius 1 is 1.42 bits per heavy atom. The summed E-state index contributed by atoms with van der Waals surface area (Å²) in [5.41, 5.74) is 0.746. The van der Waals surface area contributed by atoms with Crippen molar-refractivity contribution < 1.29 is 4.79 Å². The van der Waals surface area contributed by atoms with Gasteiger partial charge in [0.2, 0.25) is 0 Å². The predicted molar refractivity (Wildman–Crippen MR) is 78.7 cm³/mol. The van der Waals surface area contributed by atoms with Crippen molar-refractivity contribution in [3.63, 3.8) is 0 Å². The third-order valence-electron chi connectivity index (χ3n) is 3.50. The van der Waals surface area contributed by atoms with Crippen LogP contribution in [0.3, 0.4) is 0 Å². The SMILES string of the molecule is CC(NC(=O)Nc1ccc(Cl)cc1)C1CCCNC1. The number of hydrogen-bond donors (Lipinski definition) is 3. The molecule has 0 spiro atoms. The van der Waals surface area contributed by atoms with E-state index in [1.165, 1.54) is 6.42 Å². The maximum atomic E-state index is 11.9. The Kier molecular flexibility index (Phi) is 5.05. The summed E-state index contributed by atoms with van der Waals surface area (Å²) in [5, 5.41) is 9.82. The van der Waals surface area contributed by atoms with E-state index in [0.29, 0.717) is 10.9 Å². The number of piperidine rings is 1. The van der Waals surface area contributed by atoms with Crippen molar-refractivity contribution in [3.05, 3.63) is 29.3 Å². The number of halogens is 1. The molecule has 0 radical (unpaired) electrons. The van der Waals surface area contributed by atoms with Gasteiger partial charge in [-0.2, -0.15) is 0 Å². The number of rotatable bonds is 3. The Bertz CT molecular complexity index is 415. The van der Waals surface area contributed by atoms with Crippen LogP contribution >= 0.6 is 11.6 Å². The molecular formula is C14H20ClN3O. The molecule has 5 heteroatoms. The summed E-state index contributed by atoms with van der Waals surface area (Å²) in [5.74, 6) is 0.504. The summed E-state index contributed by atoms with van der Waals surface area (Å²) < 4.78 is 0. The summed E-state index contributed by atoms with van der Waals surface area (Å²) in [6.45, 7) is 4.11. The molecular weight excluding hydrogens is 262 g/mol. The monoisotopic (exact) mass is 281 g/mol. The van der Waals surface area contributed by atoms with Crippen LogP contribution in [0, 0.1) is 5.92 Å². The molecule has 1 heterocycles. The van der Waals surface area contributed by atoms with Crippen LogP contribution in [0.2, 0.25) is 5.02 Å². The molecule has 2 unspecified atom stereocenters. The van der Waals surface area contributed by atoms with Gasteiger partial charge in [-0.1, -0.05) is 11.6 Å². The van der Waals surface area contributed by atoms with E-state index in [-0.39, 0.29) is 12.1 Å². The maximum Gasteiger partial charge on any atom is 0.319 e. The summed E-state index contributed by atoms with van der Waals surface area (Å²) >= 11 is 5.80. The molecule has 0 saturated carbocycles. The lowest BCUT2D eigenvalue weighted by molar-refractivity contribution is 0.238. The number of urea groups is 1. The van der Waals surface area contributed by atoms with Crippen molar-refractivity contribution in [1.82, 2.24) is 10.6 Å². The minimum absolute atomic E-state index is 0.166. The van der Waals surface area contributed by atoms with Gasteiger partial charge in [0, 0.05) is 16.8 Å². The van der Waals surface area contributed by atoms with Gasteiger partial charge in [-0.3, -0.25) is 0 Å². The molecule has 1 aromatic rings. The van der Waals surface area contributed by atoms with Crippen LogP contribution in [-0.2, 0) is 0 Å². The molecule has 2 atom stereocenters. The van der Waals surface area contributed by atoms with Crippen LogP contribution in [0.5, 0.6) is 0 Å². The first-order chi connectivity index (χ1) is 9.15. The van der Waals surface area contributed by atoms with Crippen molar-refractivity contribution in [2.75, 3.05) is 18.4 Å². The number of carbonyl (C=O) groups excluding carboxylic acids is 1. The average Bonchev–Trinajstić information content (AvgIpc) is 2.42. The second kappa shape index (κ2) is 6.78. The molecule has 2 rings (SSSR count). The zero-order chi connectivity index (χ0) is 13.7. The standard InChI is InChI=1S/C14H20ClN3O/c1-10(11-3-2-8-16-9-11)17-14(19)18-13-6-4-12(15)5-7-13/h4-7,10-11,16H,2-3,8-9H2,1H3,(H2,17,18,19). The van der Waals surface area contributed by atoms with Crippen LogP contribution in [0.15, 0.2) is 24.3 Å². The van der Waals surface area contributed by atoms with Crippen molar-refractivity contribution in [2.24, 2.45) is 5.92 Å². The largest absolute Gasteiger partial charge is 0.335 e. The van der Waals surface area contributed by atoms with Gasteiger partial charge < -0.3 is 16.0 Å². The first kappa shape index (κ1) is 14.2. The Morgan fingerprint density at radius 2 is 2.16 bits per heavy atom. The van der Waals surface area contributed by atoms with Gasteiger partial charge in [0.1, 0.15) is 0 Å². The Labute approximate surface area is 118 Å². The van der Waals surface area contributed by atoms with Gasteiger partial charge in [0.25, 0.3) is 0 Å². The van der Waals surface area contributed by atoms with Crippen molar-refractivity contribution >= 4 is 23.3 Å². The fourth-order valence-corrected chi connectivity index (χ4v) is 2.46. The highest BCUT2D eigenvalue weighted by atomic mass is 35.5. The zero-order valence-electron chi connectivity index (χ0n) is 11.1. The highest BCUT2D eigenvalue weighted by Crippen LogP contribution is 2.15. The number of carbonyl (C=O) groups is 1. The minimum Gasteiger partial charge on any atom is -0.335 e. The van der Waals surface area contributed by atoms with Gasteiger partial charge in [0.15, 0.2) is 0 Å². The topological polar surface area (TPSA) is 53.2 Å². The molecule has 19 heavy (non-hydrogen) atoms. The maximum absolute atomic E-state index is 11.9. The molecule has 1 fully saturated rings. The van der Waals surface area contributed by atoms with Gasteiger partial charge in [-0.15, -0.1) is 0 Å². The lowest BCUT2D eigenvalue weighted by Crippen LogP contribution is -2.45. The summed E-state index contributed by atoms with van der Waals surface area (Å²) in [6, 6.07) is 7.08. The van der Waals surface area contributed by atoms with Crippen LogP contribution in [-0.4, -0.2) is 25.2 Å². The second-order valence-electron chi connectivity index (χ2n) is 5.00. The molecule has 1 saturated heterocycles. The van der Waals surface area contributed by atoms with Crippen molar-refractivity contribution in [2.45, 2.75) is 25.8 Å². The number of nitrogens with one attached hydrogen (secondary N) is 3. The fraction of sp³-hybridized carbons (Fsp3) is 0.500. The summed E-state index contributed by atoms with van der Waals surface area (Å²) in [6.07, 6.45) is 2.34. The van der Waals surface area contributed by atoms with E-state index in [9.17, 15) is 4.79 Å². The molecule has 0 aromatic heterocycles. The van der Waals surface area contributed by atoms with Gasteiger partial charge in [-0.25, -0.2) is 4.79 Å². The molecule has 2 amide bonds. The minimum atomic E-state index is -0.166. The Balaban J connectivity index is 1.81.